The van der Waals surface area contributed by atoms with Gasteiger partial charge in [0.2, 0.25) is 0 Å². The van der Waals surface area contributed by atoms with Crippen molar-refractivity contribution in [3.05, 3.63) is 49.2 Å². The molecule has 1 aromatic heterocycles. The summed E-state index contributed by atoms with van der Waals surface area (Å²) in [7, 11) is -3.78. The SMILES string of the molecule is C[I-]c1ncc(Cl)cc1NS(=O)(=O)c1ccc(Cl)c(Cl)c1. The van der Waals surface area contributed by atoms with Crippen LogP contribution in [0.3, 0.4) is 0 Å². The first-order valence-corrected chi connectivity index (χ1v) is 11.3. The summed E-state index contributed by atoms with van der Waals surface area (Å²) in [6.07, 6.45) is 1.50. The van der Waals surface area contributed by atoms with E-state index in [2.05, 4.69) is 9.71 Å². The summed E-state index contributed by atoms with van der Waals surface area (Å²) in [6.45, 7) is 0. The minimum atomic E-state index is -3.78. The number of aromatic nitrogens is 1. The van der Waals surface area contributed by atoms with Crippen molar-refractivity contribution in [2.24, 2.45) is 0 Å². The Kier molecular flexibility index (Phi) is 5.59. The topological polar surface area (TPSA) is 59.1 Å². The van der Waals surface area contributed by atoms with Gasteiger partial charge in [0.15, 0.2) is 0 Å². The number of sulfonamides is 1. The summed E-state index contributed by atoms with van der Waals surface area (Å²) in [4.78, 5) is 6.15. The molecule has 2 rings (SSSR count). The second kappa shape index (κ2) is 6.87. The number of nitrogens with zero attached hydrogens (tertiary/aromatic N) is 1. The molecule has 21 heavy (non-hydrogen) atoms. The number of pyridine rings is 1. The molecule has 0 fully saturated rings. The molecule has 1 N–H and O–H groups in total. The third-order valence-electron chi connectivity index (χ3n) is 2.43. The summed E-state index contributed by atoms with van der Waals surface area (Å²) in [5, 5.41) is 0.829. The number of hydrogen-bond donors (Lipinski definition) is 1. The van der Waals surface area contributed by atoms with E-state index in [9.17, 15) is 8.42 Å². The van der Waals surface area contributed by atoms with E-state index in [1.807, 2.05) is 4.93 Å². The Morgan fingerprint density at radius 1 is 1.14 bits per heavy atom. The Hall–Kier alpha value is -0.280. The molecule has 114 valence electrons. The standard InChI is InChI=1S/C12H9Cl3IN2O2S/c1-16-12-11(4-7(13)6-17-12)18-21(19,20)8-2-3-9(14)10(15)5-8/h2-6,18H,1H3/q-1. The van der Waals surface area contributed by atoms with E-state index >= 15 is 0 Å². The first-order chi connectivity index (χ1) is 9.83. The van der Waals surface area contributed by atoms with Gasteiger partial charge in [0, 0.05) is 0 Å². The Balaban J connectivity index is 2.41. The number of alkyl halides is 1. The molecule has 0 amide bonds. The van der Waals surface area contributed by atoms with E-state index in [4.69, 9.17) is 34.8 Å². The number of anilines is 1. The summed E-state index contributed by atoms with van der Waals surface area (Å²) in [6, 6.07) is 5.66. The van der Waals surface area contributed by atoms with Gasteiger partial charge in [-0.05, 0) is 0 Å². The maximum absolute atomic E-state index is 12.4. The zero-order valence-corrected chi connectivity index (χ0v) is 15.8. The van der Waals surface area contributed by atoms with Crippen molar-refractivity contribution in [3.63, 3.8) is 0 Å². The van der Waals surface area contributed by atoms with Gasteiger partial charge in [0.05, 0.1) is 0 Å². The van der Waals surface area contributed by atoms with Gasteiger partial charge < -0.3 is 0 Å². The molecular formula is C12H9Cl3IN2O2S-. The zero-order valence-electron chi connectivity index (χ0n) is 10.6. The second-order valence-electron chi connectivity index (χ2n) is 3.86. The van der Waals surface area contributed by atoms with Crippen LogP contribution < -0.4 is 25.9 Å². The van der Waals surface area contributed by atoms with E-state index in [1.165, 1.54) is 24.4 Å². The first kappa shape index (κ1) is 17.1. The predicted octanol–water partition coefficient (Wildman–Crippen LogP) is 0.731. The Bertz CT molecular complexity index is 784. The van der Waals surface area contributed by atoms with Gasteiger partial charge in [-0.1, -0.05) is 0 Å². The third kappa shape index (κ3) is 4.13. The fourth-order valence-electron chi connectivity index (χ4n) is 1.49. The van der Waals surface area contributed by atoms with Crippen molar-refractivity contribution in [2.45, 2.75) is 4.90 Å². The van der Waals surface area contributed by atoms with Crippen LogP contribution in [0.2, 0.25) is 15.1 Å². The first-order valence-electron chi connectivity index (χ1n) is 5.46. The maximum atomic E-state index is 12.4. The quantitative estimate of drug-likeness (QED) is 0.401. The molecule has 0 saturated heterocycles. The summed E-state index contributed by atoms with van der Waals surface area (Å²) >= 11 is 17.1. The molecule has 0 aliphatic rings. The molecular weight excluding hydrogens is 469 g/mol. The summed E-state index contributed by atoms with van der Waals surface area (Å²) in [5.41, 5.74) is 0.392. The molecule has 0 aliphatic heterocycles. The van der Waals surface area contributed by atoms with E-state index < -0.39 is 31.2 Å². The predicted molar refractivity (Wildman–Crippen MR) is 81.1 cm³/mol. The number of benzene rings is 1. The fraction of sp³-hybridized carbons (Fsp3) is 0.0833. The van der Waals surface area contributed by atoms with Crippen LogP contribution in [0.5, 0.6) is 0 Å². The average Bonchev–Trinajstić information content (AvgIpc) is 2.41. The van der Waals surface area contributed by atoms with Crippen molar-refractivity contribution in [1.82, 2.24) is 4.98 Å². The number of halogens is 4. The van der Waals surface area contributed by atoms with Crippen molar-refractivity contribution >= 4 is 50.5 Å². The van der Waals surface area contributed by atoms with Crippen LogP contribution >= 0.6 is 34.8 Å². The Morgan fingerprint density at radius 2 is 1.86 bits per heavy atom. The normalized spacial score (nSPS) is 11.6. The van der Waals surface area contributed by atoms with E-state index in [1.54, 1.807) is 6.07 Å². The van der Waals surface area contributed by atoms with Crippen molar-refractivity contribution < 1.29 is 29.6 Å². The van der Waals surface area contributed by atoms with Crippen LogP contribution in [0, 0.1) is 3.70 Å². The van der Waals surface area contributed by atoms with E-state index in [0.29, 0.717) is 19.4 Å². The van der Waals surface area contributed by atoms with Crippen LogP contribution in [0.4, 0.5) is 5.69 Å². The molecule has 9 heteroatoms. The van der Waals surface area contributed by atoms with Crippen molar-refractivity contribution in [1.29, 1.82) is 0 Å². The zero-order chi connectivity index (χ0) is 15.6. The van der Waals surface area contributed by atoms with Crippen LogP contribution in [0.1, 0.15) is 0 Å². The number of nitrogens with one attached hydrogen (secondary N) is 1. The van der Waals surface area contributed by atoms with Gasteiger partial charge >= 0.3 is 149 Å². The Morgan fingerprint density at radius 3 is 2.48 bits per heavy atom. The monoisotopic (exact) mass is 477 g/mol. The molecule has 0 spiro atoms. The van der Waals surface area contributed by atoms with Crippen molar-refractivity contribution in [2.75, 3.05) is 9.65 Å². The molecule has 0 unspecified atom stereocenters. The van der Waals surface area contributed by atoms with Gasteiger partial charge in [-0.25, -0.2) is 0 Å². The molecule has 0 bridgehead atoms. The Labute approximate surface area is 148 Å². The second-order valence-corrected chi connectivity index (χ2v) is 8.90. The van der Waals surface area contributed by atoms with E-state index in [0.717, 1.165) is 0 Å². The van der Waals surface area contributed by atoms with Gasteiger partial charge in [0.1, 0.15) is 0 Å². The molecule has 2 aromatic rings. The summed E-state index contributed by atoms with van der Waals surface area (Å²) < 4.78 is 27.9. The van der Waals surface area contributed by atoms with Gasteiger partial charge in [-0.15, -0.1) is 0 Å². The van der Waals surface area contributed by atoms with Gasteiger partial charge in [-0.2, -0.15) is 0 Å². The van der Waals surface area contributed by atoms with Crippen molar-refractivity contribution in [3.8, 4) is 0 Å². The minimum absolute atomic E-state index is 0.0251. The average molecular weight is 479 g/mol. The summed E-state index contributed by atoms with van der Waals surface area (Å²) in [5.74, 6) is 0. The molecule has 1 aromatic carbocycles. The molecule has 0 aliphatic carbocycles. The van der Waals surface area contributed by atoms with Crippen LogP contribution in [-0.2, 0) is 10.0 Å². The number of hydrogen-bond acceptors (Lipinski definition) is 3. The number of rotatable bonds is 4. The molecule has 0 saturated carbocycles. The van der Waals surface area contributed by atoms with Crippen LogP contribution in [0.25, 0.3) is 0 Å². The third-order valence-corrected chi connectivity index (χ3v) is 6.62. The van der Waals surface area contributed by atoms with Crippen LogP contribution in [-0.4, -0.2) is 18.3 Å². The molecule has 0 radical (unpaired) electrons. The fourth-order valence-corrected chi connectivity index (χ4v) is 4.57. The van der Waals surface area contributed by atoms with Gasteiger partial charge in [-0.3, -0.25) is 0 Å². The van der Waals surface area contributed by atoms with Crippen LogP contribution in [0.15, 0.2) is 35.4 Å². The molecule has 4 nitrogen and oxygen atoms in total. The van der Waals surface area contributed by atoms with E-state index in [-0.39, 0.29) is 9.92 Å². The molecule has 1 heterocycles. The molecule has 0 atom stereocenters. The van der Waals surface area contributed by atoms with Gasteiger partial charge in [0.25, 0.3) is 0 Å².